The van der Waals surface area contributed by atoms with E-state index in [1.807, 2.05) is 11.8 Å². The van der Waals surface area contributed by atoms with E-state index in [0.717, 1.165) is 11.1 Å². The predicted octanol–water partition coefficient (Wildman–Crippen LogP) is 5.32. The number of thioether (sulfide) groups is 1. The van der Waals surface area contributed by atoms with Crippen LogP contribution in [0.3, 0.4) is 0 Å². The fraction of sp³-hybridized carbons (Fsp3) is 0.571. The first-order valence-corrected chi connectivity index (χ1v) is 7.84. The van der Waals surface area contributed by atoms with Gasteiger partial charge in [-0.1, -0.05) is 55.8 Å². The number of alkyl halides is 1. The number of hydrogen-bond acceptors (Lipinski definition) is 1. The van der Waals surface area contributed by atoms with Crippen molar-refractivity contribution in [3.8, 4) is 0 Å². The van der Waals surface area contributed by atoms with Crippen molar-refractivity contribution in [2.45, 2.75) is 38.5 Å². The molecule has 1 aromatic rings. The van der Waals surface area contributed by atoms with Gasteiger partial charge in [0.2, 0.25) is 0 Å². The molecule has 0 amide bonds. The molecule has 0 aliphatic rings. The minimum atomic E-state index is 0.362. The average Bonchev–Trinajstić information content (AvgIpc) is 2.27. The number of benzene rings is 1. The largest absolute Gasteiger partial charge is 0.126 e. The molecule has 0 aliphatic heterocycles. The van der Waals surface area contributed by atoms with Gasteiger partial charge in [0.05, 0.1) is 0 Å². The first-order valence-electron chi connectivity index (χ1n) is 5.73. The fourth-order valence-corrected chi connectivity index (χ4v) is 2.71. The summed E-state index contributed by atoms with van der Waals surface area (Å²) in [5.41, 5.74) is 1.78. The van der Waals surface area contributed by atoms with Crippen molar-refractivity contribution < 1.29 is 0 Å². The highest BCUT2D eigenvalue weighted by molar-refractivity contribution is 9.09. The highest BCUT2D eigenvalue weighted by Gasteiger charge is 2.16. The third-order valence-electron chi connectivity index (χ3n) is 2.54. The molecule has 90 valence electrons. The maximum absolute atomic E-state index is 3.56. The summed E-state index contributed by atoms with van der Waals surface area (Å²) in [6.45, 7) is 9.04. The van der Waals surface area contributed by atoms with E-state index in [2.05, 4.69) is 67.9 Å². The molecule has 16 heavy (non-hydrogen) atoms. The van der Waals surface area contributed by atoms with Gasteiger partial charge in [-0.05, 0) is 29.0 Å². The van der Waals surface area contributed by atoms with Crippen molar-refractivity contribution in [1.82, 2.24) is 0 Å². The topological polar surface area (TPSA) is 0 Å². The van der Waals surface area contributed by atoms with E-state index in [9.17, 15) is 0 Å². The first kappa shape index (κ1) is 14.1. The number of halogens is 1. The van der Waals surface area contributed by atoms with Crippen LogP contribution in [0.5, 0.6) is 0 Å². The highest BCUT2D eigenvalue weighted by Crippen LogP contribution is 2.29. The average molecular weight is 301 g/mol. The van der Waals surface area contributed by atoms with Gasteiger partial charge in [-0.3, -0.25) is 0 Å². The first-order chi connectivity index (χ1) is 7.44. The Morgan fingerprint density at radius 1 is 1.19 bits per heavy atom. The monoisotopic (exact) mass is 300 g/mol. The third-order valence-corrected chi connectivity index (χ3v) is 5.59. The van der Waals surface area contributed by atoms with Crippen LogP contribution in [0.25, 0.3) is 0 Å². The van der Waals surface area contributed by atoms with Crippen molar-refractivity contribution in [2.75, 3.05) is 11.1 Å². The van der Waals surface area contributed by atoms with Crippen molar-refractivity contribution in [2.24, 2.45) is 5.41 Å². The maximum atomic E-state index is 3.56. The van der Waals surface area contributed by atoms with Gasteiger partial charge in [0.15, 0.2) is 0 Å². The molecule has 0 radical (unpaired) electrons. The zero-order valence-electron chi connectivity index (χ0n) is 10.6. The smallest absolute Gasteiger partial charge is 0.00906 e. The molecule has 0 fully saturated rings. The summed E-state index contributed by atoms with van der Waals surface area (Å²) < 4.78 is 0. The molecular formula is C14H21BrS. The second kappa shape index (κ2) is 6.11. The fourth-order valence-electron chi connectivity index (χ4n) is 1.27. The van der Waals surface area contributed by atoms with Crippen molar-refractivity contribution in [3.63, 3.8) is 0 Å². The molecule has 0 N–H and O–H groups in total. The lowest BCUT2D eigenvalue weighted by Crippen LogP contribution is -2.15. The molecule has 0 aromatic heterocycles. The highest BCUT2D eigenvalue weighted by atomic mass is 79.9. The van der Waals surface area contributed by atoms with E-state index >= 15 is 0 Å². The van der Waals surface area contributed by atoms with E-state index in [1.54, 1.807) is 0 Å². The Hall–Kier alpha value is 0.0500. The van der Waals surface area contributed by atoms with Crippen molar-refractivity contribution in [3.05, 3.63) is 29.8 Å². The summed E-state index contributed by atoms with van der Waals surface area (Å²) >= 11 is 5.50. The molecule has 0 nitrogen and oxygen atoms in total. The quantitative estimate of drug-likeness (QED) is 0.523. The van der Waals surface area contributed by atoms with Gasteiger partial charge in [0.25, 0.3) is 0 Å². The van der Waals surface area contributed by atoms with Gasteiger partial charge < -0.3 is 0 Å². The van der Waals surface area contributed by atoms with Crippen LogP contribution in [-0.4, -0.2) is 11.1 Å². The molecule has 1 rings (SSSR count). The Labute approximate surface area is 112 Å². The van der Waals surface area contributed by atoms with Gasteiger partial charge in [-0.15, -0.1) is 11.8 Å². The number of hydrogen-bond donors (Lipinski definition) is 0. The second-order valence-corrected chi connectivity index (χ2v) is 6.92. The zero-order chi connectivity index (χ0) is 12.2. The number of rotatable bonds is 5. The third kappa shape index (κ3) is 4.50. The maximum Gasteiger partial charge on any atom is 0.00906 e. The van der Waals surface area contributed by atoms with E-state index < -0.39 is 0 Å². The van der Waals surface area contributed by atoms with Crippen molar-refractivity contribution in [1.29, 1.82) is 0 Å². The molecule has 0 aliphatic carbocycles. The van der Waals surface area contributed by atoms with Crippen LogP contribution in [0, 0.1) is 5.41 Å². The Morgan fingerprint density at radius 2 is 1.75 bits per heavy atom. The normalized spacial score (nSPS) is 12.1. The minimum Gasteiger partial charge on any atom is -0.126 e. The summed E-state index contributed by atoms with van der Waals surface area (Å²) in [5, 5.41) is 1.05. The summed E-state index contributed by atoms with van der Waals surface area (Å²) in [6.07, 6.45) is 0. The van der Waals surface area contributed by atoms with Crippen LogP contribution in [0.2, 0.25) is 0 Å². The SMILES string of the molecule is CC(C)c1ccc(SCC(C)(C)CBr)cc1. The second-order valence-electron chi connectivity index (χ2n) is 5.31. The molecule has 0 atom stereocenters. The van der Waals surface area contributed by atoms with E-state index in [4.69, 9.17) is 0 Å². The molecule has 0 bridgehead atoms. The van der Waals surface area contributed by atoms with Crippen LogP contribution < -0.4 is 0 Å². The van der Waals surface area contributed by atoms with Gasteiger partial charge in [-0.25, -0.2) is 0 Å². The molecule has 1 aromatic carbocycles. The van der Waals surface area contributed by atoms with E-state index in [0.29, 0.717) is 11.3 Å². The molecule has 2 heteroatoms. The van der Waals surface area contributed by atoms with E-state index in [-0.39, 0.29) is 0 Å². The van der Waals surface area contributed by atoms with Gasteiger partial charge in [-0.2, -0.15) is 0 Å². The Bertz CT molecular complexity index is 314. The summed E-state index contributed by atoms with van der Waals surface area (Å²) in [5.74, 6) is 1.78. The zero-order valence-corrected chi connectivity index (χ0v) is 13.0. The summed E-state index contributed by atoms with van der Waals surface area (Å²) in [4.78, 5) is 1.37. The van der Waals surface area contributed by atoms with Gasteiger partial charge >= 0.3 is 0 Å². The lowest BCUT2D eigenvalue weighted by atomic mass is 10.0. The molecule has 0 saturated carbocycles. The Morgan fingerprint density at radius 3 is 2.19 bits per heavy atom. The molecular weight excluding hydrogens is 280 g/mol. The molecule has 0 heterocycles. The Balaban J connectivity index is 2.56. The molecule has 0 spiro atoms. The minimum absolute atomic E-state index is 0.362. The van der Waals surface area contributed by atoms with Crippen LogP contribution >= 0.6 is 27.7 Å². The van der Waals surface area contributed by atoms with E-state index in [1.165, 1.54) is 10.5 Å². The van der Waals surface area contributed by atoms with Crippen LogP contribution in [0.1, 0.15) is 39.2 Å². The van der Waals surface area contributed by atoms with Crippen LogP contribution in [-0.2, 0) is 0 Å². The molecule has 0 saturated heterocycles. The van der Waals surface area contributed by atoms with Crippen LogP contribution in [0.15, 0.2) is 29.2 Å². The van der Waals surface area contributed by atoms with Crippen molar-refractivity contribution >= 4 is 27.7 Å². The lowest BCUT2D eigenvalue weighted by Gasteiger charge is -2.20. The van der Waals surface area contributed by atoms with Crippen LogP contribution in [0.4, 0.5) is 0 Å². The summed E-state index contributed by atoms with van der Waals surface area (Å²) in [6, 6.07) is 8.97. The summed E-state index contributed by atoms with van der Waals surface area (Å²) in [7, 11) is 0. The standard InChI is InChI=1S/C14H21BrS/c1-11(2)12-5-7-13(8-6-12)16-10-14(3,4)9-15/h5-8,11H,9-10H2,1-4H3. The molecule has 0 unspecified atom stereocenters. The lowest BCUT2D eigenvalue weighted by molar-refractivity contribution is 0.496. The Kier molecular flexibility index (Phi) is 5.39. The van der Waals surface area contributed by atoms with Gasteiger partial charge in [0.1, 0.15) is 0 Å². The van der Waals surface area contributed by atoms with Gasteiger partial charge in [0, 0.05) is 16.0 Å². The predicted molar refractivity (Wildman–Crippen MR) is 78.8 cm³/mol.